The number of fused-ring (bicyclic) bond motifs is 2. The zero-order chi connectivity index (χ0) is 27.9. The Hall–Kier alpha value is -2.64. The molecule has 0 spiro atoms. The third-order valence-electron chi connectivity index (χ3n) is 8.28. The van der Waals surface area contributed by atoms with E-state index >= 15 is 0 Å². The summed E-state index contributed by atoms with van der Waals surface area (Å²) < 4.78 is 29.3. The van der Waals surface area contributed by atoms with Crippen molar-refractivity contribution in [3.63, 3.8) is 0 Å². The number of nitrogens with one attached hydrogen (secondary N) is 2. The number of benzene rings is 1. The molecule has 6 rings (SSSR count). The number of nitrogens with zero attached hydrogens (tertiary/aromatic N) is 5. The lowest BCUT2D eigenvalue weighted by atomic mass is 10.0. The molecule has 9 nitrogen and oxygen atoms in total. The van der Waals surface area contributed by atoms with E-state index in [2.05, 4.69) is 20.5 Å². The third-order valence-corrected chi connectivity index (χ3v) is 10.2. The maximum absolute atomic E-state index is 13.7. The van der Waals surface area contributed by atoms with Gasteiger partial charge in [-0.2, -0.15) is 0 Å². The zero-order valence-electron chi connectivity index (χ0n) is 22.7. The number of thiazole rings is 2. The number of carbonyl (C=O) groups excluding carboxylic acids is 2. The number of carbonyl (C=O) groups is 2. The lowest BCUT2D eigenvalue weighted by molar-refractivity contribution is -0.139. The molecule has 13 heteroatoms. The van der Waals surface area contributed by atoms with Gasteiger partial charge in [-0.05, 0) is 58.2 Å². The second-order valence-electron chi connectivity index (χ2n) is 11.1. The van der Waals surface area contributed by atoms with Crippen LogP contribution in [0.15, 0.2) is 6.07 Å². The largest absolute Gasteiger partial charge is 0.352 e. The molecule has 216 valence electrons. The number of aryl methyl sites for hydroxylation is 1. The van der Waals surface area contributed by atoms with Crippen LogP contribution in [0.1, 0.15) is 44.1 Å². The Morgan fingerprint density at radius 2 is 1.48 bits per heavy atom. The van der Waals surface area contributed by atoms with Crippen LogP contribution in [-0.4, -0.2) is 101 Å². The summed E-state index contributed by atoms with van der Waals surface area (Å²) in [6.07, 6.45) is 4.83. The molecule has 0 bridgehead atoms. The van der Waals surface area contributed by atoms with Crippen molar-refractivity contribution < 1.29 is 18.4 Å². The van der Waals surface area contributed by atoms with Gasteiger partial charge in [0.25, 0.3) is 5.92 Å². The van der Waals surface area contributed by atoms with Crippen LogP contribution in [0.2, 0.25) is 0 Å². The van der Waals surface area contributed by atoms with Crippen molar-refractivity contribution in [3.05, 3.63) is 11.6 Å². The molecule has 0 atom stereocenters. The molecule has 2 N–H and O–H groups in total. The SMILES string of the molecule is Cc1c2nc(NCC(=O)N3CCC(N4CCCC4)CC3)sc2cc2sc(NCC(=O)N3CCCC(F)(F)C3)nc12. The molecule has 3 fully saturated rings. The number of piperidine rings is 2. The topological polar surface area (TPSA) is 93.7 Å². The Labute approximate surface area is 239 Å². The molecule has 0 saturated carbocycles. The van der Waals surface area contributed by atoms with Crippen LogP contribution in [0.4, 0.5) is 19.0 Å². The van der Waals surface area contributed by atoms with Gasteiger partial charge in [-0.15, -0.1) is 0 Å². The van der Waals surface area contributed by atoms with Gasteiger partial charge in [0.05, 0.1) is 40.1 Å². The van der Waals surface area contributed by atoms with Crippen molar-refractivity contribution in [3.8, 4) is 0 Å². The lowest BCUT2D eigenvalue weighted by Gasteiger charge is -2.36. The first-order chi connectivity index (χ1) is 19.3. The number of hydrogen-bond donors (Lipinski definition) is 2. The van der Waals surface area contributed by atoms with Crippen molar-refractivity contribution in [1.82, 2.24) is 24.7 Å². The Kier molecular flexibility index (Phi) is 7.79. The van der Waals surface area contributed by atoms with E-state index in [0.717, 1.165) is 51.9 Å². The number of aromatic nitrogens is 2. The molecule has 3 aliphatic heterocycles. The van der Waals surface area contributed by atoms with E-state index in [0.29, 0.717) is 29.3 Å². The number of likely N-dealkylation sites (tertiary alicyclic amines) is 3. The average Bonchev–Trinajstić information content (AvgIpc) is 3.70. The number of anilines is 2. The number of hydrogen-bond acceptors (Lipinski definition) is 9. The van der Waals surface area contributed by atoms with Crippen LogP contribution < -0.4 is 10.6 Å². The fraction of sp³-hybridized carbons (Fsp3) is 0.630. The Bertz CT molecular complexity index is 1400. The van der Waals surface area contributed by atoms with E-state index in [9.17, 15) is 18.4 Å². The molecular weight excluding hydrogens is 556 g/mol. The number of rotatable bonds is 7. The van der Waals surface area contributed by atoms with Crippen molar-refractivity contribution in [1.29, 1.82) is 0 Å². The standard InChI is InChI=1S/C27H35F2N7O2S2/c1-17-23-19(13-20-24(17)33-26(40-20)31-15-22(38)36-10-4-7-27(28,29)16-36)39-25(32-23)30-14-21(37)35-11-5-18(6-12-35)34-8-2-3-9-34/h13,18H,2-12,14-16H2,1H3,(H,30,32)(H,31,33). The molecule has 3 saturated heterocycles. The van der Waals surface area contributed by atoms with Crippen LogP contribution in [0.5, 0.6) is 0 Å². The van der Waals surface area contributed by atoms with E-state index in [1.54, 1.807) is 0 Å². The maximum atomic E-state index is 13.7. The summed E-state index contributed by atoms with van der Waals surface area (Å²) >= 11 is 2.93. The summed E-state index contributed by atoms with van der Waals surface area (Å²) in [7, 11) is 0. The van der Waals surface area contributed by atoms with Crippen LogP contribution in [0.25, 0.3) is 20.4 Å². The number of alkyl halides is 2. The average molecular weight is 592 g/mol. The van der Waals surface area contributed by atoms with E-state index in [1.165, 1.54) is 53.5 Å². The van der Waals surface area contributed by atoms with E-state index < -0.39 is 12.5 Å². The van der Waals surface area contributed by atoms with Crippen molar-refractivity contribution >= 4 is 65.2 Å². The quantitative estimate of drug-likeness (QED) is 0.421. The monoisotopic (exact) mass is 591 g/mol. The second kappa shape index (κ2) is 11.3. The van der Waals surface area contributed by atoms with E-state index in [4.69, 9.17) is 4.98 Å². The lowest BCUT2D eigenvalue weighted by Crippen LogP contribution is -2.47. The van der Waals surface area contributed by atoms with Crippen molar-refractivity contribution in [2.45, 2.75) is 57.4 Å². The first kappa shape index (κ1) is 27.5. The van der Waals surface area contributed by atoms with Crippen LogP contribution >= 0.6 is 22.7 Å². The smallest absolute Gasteiger partial charge is 0.265 e. The molecule has 0 unspecified atom stereocenters. The molecule has 5 heterocycles. The Morgan fingerprint density at radius 3 is 2.05 bits per heavy atom. The Balaban J connectivity index is 1.05. The van der Waals surface area contributed by atoms with Gasteiger partial charge in [0.15, 0.2) is 10.3 Å². The molecular formula is C27H35F2N7O2S2. The summed E-state index contributed by atoms with van der Waals surface area (Å²) in [5.41, 5.74) is 2.56. The van der Waals surface area contributed by atoms with Gasteiger partial charge in [-0.25, -0.2) is 18.7 Å². The summed E-state index contributed by atoms with van der Waals surface area (Å²) in [4.78, 5) is 40.5. The maximum Gasteiger partial charge on any atom is 0.265 e. The molecule has 3 aliphatic rings. The van der Waals surface area contributed by atoms with E-state index in [-0.39, 0.29) is 31.3 Å². The Morgan fingerprint density at radius 1 is 0.900 bits per heavy atom. The van der Waals surface area contributed by atoms with Gasteiger partial charge in [0.2, 0.25) is 11.8 Å². The molecule has 40 heavy (non-hydrogen) atoms. The van der Waals surface area contributed by atoms with Crippen LogP contribution in [-0.2, 0) is 9.59 Å². The summed E-state index contributed by atoms with van der Waals surface area (Å²) in [5, 5.41) is 7.54. The third kappa shape index (κ3) is 5.87. The first-order valence-corrected chi connectivity index (χ1v) is 15.7. The molecule has 3 aromatic rings. The summed E-state index contributed by atoms with van der Waals surface area (Å²) in [6.45, 7) is 5.99. The second-order valence-corrected chi connectivity index (χ2v) is 13.1. The van der Waals surface area contributed by atoms with Gasteiger partial charge in [-0.3, -0.25) is 9.59 Å². The van der Waals surface area contributed by atoms with Gasteiger partial charge >= 0.3 is 0 Å². The molecule has 0 aliphatic carbocycles. The molecule has 2 aromatic heterocycles. The zero-order valence-corrected chi connectivity index (χ0v) is 24.3. The van der Waals surface area contributed by atoms with Crippen LogP contribution in [0.3, 0.4) is 0 Å². The fourth-order valence-corrected chi connectivity index (χ4v) is 8.07. The minimum absolute atomic E-state index is 0.0698. The molecule has 2 amide bonds. The molecule has 1 aromatic carbocycles. The highest BCUT2D eigenvalue weighted by molar-refractivity contribution is 7.24. The minimum atomic E-state index is -2.81. The van der Waals surface area contributed by atoms with Crippen LogP contribution in [0, 0.1) is 6.92 Å². The molecule has 0 radical (unpaired) electrons. The van der Waals surface area contributed by atoms with E-state index in [1.807, 2.05) is 17.9 Å². The normalized spacial score (nSPS) is 20.5. The van der Waals surface area contributed by atoms with Gasteiger partial charge < -0.3 is 25.3 Å². The van der Waals surface area contributed by atoms with Gasteiger partial charge in [0.1, 0.15) is 0 Å². The predicted molar refractivity (Wildman–Crippen MR) is 156 cm³/mol. The highest BCUT2D eigenvalue weighted by Crippen LogP contribution is 2.37. The fourth-order valence-electron chi connectivity index (χ4n) is 6.07. The first-order valence-electron chi connectivity index (χ1n) is 14.1. The van der Waals surface area contributed by atoms with Gasteiger partial charge in [0, 0.05) is 37.7 Å². The number of halogens is 2. The van der Waals surface area contributed by atoms with Gasteiger partial charge in [-0.1, -0.05) is 22.7 Å². The number of amides is 2. The highest BCUT2D eigenvalue weighted by Gasteiger charge is 2.37. The minimum Gasteiger partial charge on any atom is -0.352 e. The highest BCUT2D eigenvalue weighted by atomic mass is 32.1. The predicted octanol–water partition coefficient (Wildman–Crippen LogP) is 4.38. The van der Waals surface area contributed by atoms with Crippen molar-refractivity contribution in [2.75, 3.05) is 63.0 Å². The summed E-state index contributed by atoms with van der Waals surface area (Å²) in [5.74, 6) is -3.05. The van der Waals surface area contributed by atoms with Crippen molar-refractivity contribution in [2.24, 2.45) is 0 Å². The summed E-state index contributed by atoms with van der Waals surface area (Å²) in [6, 6.07) is 2.65.